The van der Waals surface area contributed by atoms with E-state index in [-0.39, 0.29) is 11.5 Å². The van der Waals surface area contributed by atoms with Gasteiger partial charge in [0.05, 0.1) is 23.3 Å². The van der Waals surface area contributed by atoms with Gasteiger partial charge in [0, 0.05) is 17.5 Å². The molecule has 1 N–H and O–H groups in total. The number of carbonyl (C=O) groups excluding carboxylic acids is 1. The Balaban J connectivity index is 1.44. The van der Waals surface area contributed by atoms with Crippen LogP contribution in [0.25, 0.3) is 0 Å². The molecule has 1 aliphatic carbocycles. The largest absolute Gasteiger partial charge is 0.485 e. The minimum absolute atomic E-state index is 0.0227. The lowest BCUT2D eigenvalue weighted by atomic mass is 9.81. The molecule has 4 rings (SSSR count). The lowest BCUT2D eigenvalue weighted by molar-refractivity contribution is 0.00895. The molecule has 1 spiro atoms. The highest BCUT2D eigenvalue weighted by atomic mass is 32.1. The third-order valence-corrected chi connectivity index (χ3v) is 6.92. The van der Waals surface area contributed by atoms with Gasteiger partial charge in [0.1, 0.15) is 11.4 Å². The molecular formula is C21H27N3O2S. The second-order valence-corrected chi connectivity index (χ2v) is 8.91. The molecule has 0 unspecified atom stereocenters. The SMILES string of the molecule is Cc1ccc2c(c1)C(=O)NCC1(CCC(N(C)Cc3scnc3C)CC1)O2. The van der Waals surface area contributed by atoms with Gasteiger partial charge < -0.3 is 10.1 Å². The van der Waals surface area contributed by atoms with Crippen LogP contribution in [0.4, 0.5) is 0 Å². The third-order valence-electron chi connectivity index (χ3n) is 6.00. The fourth-order valence-corrected chi connectivity index (χ4v) is 5.04. The summed E-state index contributed by atoms with van der Waals surface area (Å²) in [6.07, 6.45) is 4.06. The molecule has 1 aromatic heterocycles. The summed E-state index contributed by atoms with van der Waals surface area (Å²) in [6.45, 7) is 5.62. The average molecular weight is 386 g/mol. The Bertz CT molecular complexity index is 840. The van der Waals surface area contributed by atoms with Crippen LogP contribution in [0.1, 0.15) is 52.2 Å². The Hall–Kier alpha value is -1.92. The van der Waals surface area contributed by atoms with Crippen molar-refractivity contribution in [2.75, 3.05) is 13.6 Å². The van der Waals surface area contributed by atoms with Crippen molar-refractivity contribution in [3.63, 3.8) is 0 Å². The first-order valence-corrected chi connectivity index (χ1v) is 10.5. The van der Waals surface area contributed by atoms with Crippen molar-refractivity contribution in [1.82, 2.24) is 15.2 Å². The Kier molecular flexibility index (Phi) is 4.95. The van der Waals surface area contributed by atoms with Gasteiger partial charge in [-0.25, -0.2) is 4.98 Å². The quantitative estimate of drug-likeness (QED) is 0.875. The topological polar surface area (TPSA) is 54.5 Å². The maximum atomic E-state index is 12.5. The predicted molar refractivity (Wildman–Crippen MR) is 107 cm³/mol. The Morgan fingerprint density at radius 2 is 2.11 bits per heavy atom. The Morgan fingerprint density at radius 3 is 2.81 bits per heavy atom. The van der Waals surface area contributed by atoms with E-state index in [1.807, 2.05) is 30.6 Å². The van der Waals surface area contributed by atoms with Crippen LogP contribution < -0.4 is 10.1 Å². The lowest BCUT2D eigenvalue weighted by Gasteiger charge is -2.42. The summed E-state index contributed by atoms with van der Waals surface area (Å²) in [5.41, 5.74) is 4.52. The van der Waals surface area contributed by atoms with E-state index in [9.17, 15) is 4.79 Å². The molecule has 0 saturated heterocycles. The fraction of sp³-hybridized carbons (Fsp3) is 0.524. The maximum Gasteiger partial charge on any atom is 0.255 e. The van der Waals surface area contributed by atoms with E-state index < -0.39 is 0 Å². The van der Waals surface area contributed by atoms with Crippen LogP contribution in [0, 0.1) is 13.8 Å². The van der Waals surface area contributed by atoms with Gasteiger partial charge in [-0.2, -0.15) is 0 Å². The summed E-state index contributed by atoms with van der Waals surface area (Å²) >= 11 is 1.73. The number of aryl methyl sites for hydroxylation is 2. The highest BCUT2D eigenvalue weighted by Crippen LogP contribution is 2.37. The van der Waals surface area contributed by atoms with Gasteiger partial charge >= 0.3 is 0 Å². The van der Waals surface area contributed by atoms with E-state index in [0.29, 0.717) is 18.2 Å². The van der Waals surface area contributed by atoms with Crippen LogP contribution in [0.5, 0.6) is 5.75 Å². The van der Waals surface area contributed by atoms with Crippen molar-refractivity contribution < 1.29 is 9.53 Å². The van der Waals surface area contributed by atoms with Gasteiger partial charge in [-0.3, -0.25) is 9.69 Å². The van der Waals surface area contributed by atoms with Crippen molar-refractivity contribution in [2.24, 2.45) is 0 Å². The number of fused-ring (bicyclic) bond motifs is 1. The minimum Gasteiger partial charge on any atom is -0.485 e. The molecule has 1 aliphatic heterocycles. The number of aromatic nitrogens is 1. The van der Waals surface area contributed by atoms with Gasteiger partial charge in [-0.15, -0.1) is 11.3 Å². The number of nitrogens with one attached hydrogen (secondary N) is 1. The van der Waals surface area contributed by atoms with E-state index in [1.165, 1.54) is 4.88 Å². The van der Waals surface area contributed by atoms with Crippen molar-refractivity contribution in [1.29, 1.82) is 0 Å². The molecular weight excluding hydrogens is 358 g/mol. The van der Waals surface area contributed by atoms with Crippen LogP contribution in [0.3, 0.4) is 0 Å². The van der Waals surface area contributed by atoms with Crippen molar-refractivity contribution in [2.45, 2.75) is 57.7 Å². The van der Waals surface area contributed by atoms with E-state index in [4.69, 9.17) is 4.74 Å². The third kappa shape index (κ3) is 3.73. The molecule has 0 atom stereocenters. The smallest absolute Gasteiger partial charge is 0.255 e. The summed E-state index contributed by atoms with van der Waals surface area (Å²) in [4.78, 5) is 20.6. The highest BCUT2D eigenvalue weighted by Gasteiger charge is 2.41. The van der Waals surface area contributed by atoms with E-state index in [1.54, 1.807) is 11.3 Å². The number of thiazole rings is 1. The summed E-state index contributed by atoms with van der Waals surface area (Å²) in [6, 6.07) is 6.42. The van der Waals surface area contributed by atoms with Crippen LogP contribution in [0.2, 0.25) is 0 Å². The predicted octanol–water partition coefficient (Wildman–Crippen LogP) is 3.70. The standard InChI is InChI=1S/C21H27N3O2S/c1-14-4-5-18-17(10-14)20(25)22-12-21(26-18)8-6-16(7-9-21)24(3)11-19-15(2)23-13-27-19/h4-5,10,13,16H,6-9,11-12H2,1-3H3,(H,22,25). The number of hydrogen-bond acceptors (Lipinski definition) is 5. The second kappa shape index (κ2) is 7.24. The number of rotatable bonds is 3. The van der Waals surface area contributed by atoms with E-state index in [2.05, 4.69) is 29.2 Å². The monoisotopic (exact) mass is 385 g/mol. The Morgan fingerprint density at radius 1 is 1.33 bits per heavy atom. The number of nitrogens with zero attached hydrogens (tertiary/aromatic N) is 2. The zero-order chi connectivity index (χ0) is 19.0. The summed E-state index contributed by atoms with van der Waals surface area (Å²) < 4.78 is 6.45. The molecule has 0 bridgehead atoms. The number of ether oxygens (including phenoxy) is 1. The van der Waals surface area contributed by atoms with Crippen LogP contribution >= 0.6 is 11.3 Å². The number of amides is 1. The second-order valence-electron chi connectivity index (χ2n) is 7.97. The summed E-state index contributed by atoms with van der Waals surface area (Å²) in [7, 11) is 2.20. The highest BCUT2D eigenvalue weighted by molar-refractivity contribution is 7.09. The molecule has 1 fully saturated rings. The first-order valence-electron chi connectivity index (χ1n) is 9.63. The fourth-order valence-electron chi connectivity index (χ4n) is 4.20. The molecule has 2 aliphatic rings. The first-order chi connectivity index (χ1) is 13.0. The summed E-state index contributed by atoms with van der Waals surface area (Å²) in [5.74, 6) is 0.702. The van der Waals surface area contributed by atoms with Gasteiger partial charge in [0.25, 0.3) is 5.91 Å². The zero-order valence-electron chi connectivity index (χ0n) is 16.2. The van der Waals surface area contributed by atoms with Crippen LogP contribution in [-0.4, -0.2) is 41.0 Å². The molecule has 27 heavy (non-hydrogen) atoms. The number of benzene rings is 1. The van der Waals surface area contributed by atoms with Gasteiger partial charge in [0.2, 0.25) is 0 Å². The van der Waals surface area contributed by atoms with E-state index in [0.717, 1.165) is 49.2 Å². The lowest BCUT2D eigenvalue weighted by Crippen LogP contribution is -2.50. The molecule has 1 aromatic carbocycles. The number of carbonyl (C=O) groups is 1. The zero-order valence-corrected chi connectivity index (χ0v) is 17.1. The first kappa shape index (κ1) is 18.4. The van der Waals surface area contributed by atoms with Gasteiger partial charge in [-0.05, 0) is 58.7 Å². The average Bonchev–Trinajstić information content (AvgIpc) is 3.00. The van der Waals surface area contributed by atoms with Crippen LogP contribution in [-0.2, 0) is 6.54 Å². The molecule has 1 amide bonds. The van der Waals surface area contributed by atoms with Crippen LogP contribution in [0.15, 0.2) is 23.7 Å². The van der Waals surface area contributed by atoms with Crippen molar-refractivity contribution in [3.05, 3.63) is 45.4 Å². The summed E-state index contributed by atoms with van der Waals surface area (Å²) in [5, 5.41) is 3.09. The van der Waals surface area contributed by atoms with Gasteiger partial charge in [0.15, 0.2) is 0 Å². The van der Waals surface area contributed by atoms with Gasteiger partial charge in [-0.1, -0.05) is 11.6 Å². The minimum atomic E-state index is -0.284. The molecule has 2 heterocycles. The molecule has 144 valence electrons. The Labute approximate surface area is 164 Å². The number of hydrogen-bond donors (Lipinski definition) is 1. The van der Waals surface area contributed by atoms with E-state index >= 15 is 0 Å². The molecule has 5 nitrogen and oxygen atoms in total. The maximum absolute atomic E-state index is 12.5. The molecule has 2 aromatic rings. The normalized spacial score (nSPS) is 25.0. The van der Waals surface area contributed by atoms with Crippen molar-refractivity contribution in [3.8, 4) is 5.75 Å². The molecule has 0 radical (unpaired) electrons. The molecule has 1 saturated carbocycles. The van der Waals surface area contributed by atoms with Crippen molar-refractivity contribution >= 4 is 17.2 Å². The molecule has 6 heteroatoms.